The second-order valence-electron chi connectivity index (χ2n) is 6.12. The van der Waals surface area contributed by atoms with Crippen molar-refractivity contribution in [1.82, 2.24) is 0 Å². The topological polar surface area (TPSA) is 154 Å². The molecule has 3 rings (SSSR count). The van der Waals surface area contributed by atoms with E-state index in [0.29, 0.717) is 0 Å². The summed E-state index contributed by atoms with van der Waals surface area (Å²) in [4.78, 5) is -1.67. The lowest BCUT2D eigenvalue weighted by molar-refractivity contribution is -0.137. The molecule has 0 unspecified atom stereocenters. The molecule has 14 heteroatoms. The van der Waals surface area contributed by atoms with Crippen molar-refractivity contribution in [3.05, 3.63) is 54.1 Å². The molecule has 3 aromatic rings. The molecule has 0 aromatic heterocycles. The molecule has 0 fully saturated rings. The highest BCUT2D eigenvalue weighted by molar-refractivity contribution is 7.86. The molecule has 0 saturated carbocycles. The fourth-order valence-corrected chi connectivity index (χ4v) is 3.86. The Balaban J connectivity index is 2.28. The van der Waals surface area contributed by atoms with Crippen LogP contribution in [0.4, 0.5) is 24.5 Å². The maximum atomic E-state index is 13.1. The van der Waals surface area contributed by atoms with Crippen LogP contribution in [0.15, 0.2) is 68.6 Å². The van der Waals surface area contributed by atoms with Crippen molar-refractivity contribution in [3.8, 4) is 5.75 Å². The number of phenols is 1. The summed E-state index contributed by atoms with van der Waals surface area (Å²) in [6.45, 7) is 0. The summed E-state index contributed by atoms with van der Waals surface area (Å²) in [5.41, 5.74) is -2.73. The number of rotatable bonds is 4. The second kappa shape index (κ2) is 7.56. The number of halogens is 3. The van der Waals surface area contributed by atoms with Crippen molar-refractivity contribution in [2.45, 2.75) is 16.0 Å². The number of fused-ring (bicyclic) bond motifs is 1. The van der Waals surface area contributed by atoms with E-state index in [1.807, 2.05) is 0 Å². The molecule has 164 valence electrons. The largest absolute Gasteiger partial charge is 0.505 e. The molecule has 3 aromatic carbocycles. The Morgan fingerprint density at radius 2 is 1.48 bits per heavy atom. The first-order valence-electron chi connectivity index (χ1n) is 8.02. The Bertz CT molecular complexity index is 1430. The van der Waals surface area contributed by atoms with Gasteiger partial charge in [0.2, 0.25) is 0 Å². The number of phenolic OH excluding ortho intramolecular Hbond substituents is 1. The summed E-state index contributed by atoms with van der Waals surface area (Å²) in [6, 6.07) is 7.44. The van der Waals surface area contributed by atoms with Crippen LogP contribution >= 0.6 is 0 Å². The predicted molar refractivity (Wildman–Crippen MR) is 101 cm³/mol. The lowest BCUT2D eigenvalue weighted by Crippen LogP contribution is -2.04. The van der Waals surface area contributed by atoms with E-state index in [4.69, 9.17) is 4.55 Å². The highest BCUT2D eigenvalue weighted by atomic mass is 32.2. The maximum absolute atomic E-state index is 13.1. The molecule has 0 spiro atoms. The van der Waals surface area contributed by atoms with Crippen LogP contribution < -0.4 is 0 Å². The van der Waals surface area contributed by atoms with E-state index in [1.54, 1.807) is 0 Å². The first-order valence-corrected chi connectivity index (χ1v) is 10.9. The van der Waals surface area contributed by atoms with E-state index in [0.717, 1.165) is 42.5 Å². The van der Waals surface area contributed by atoms with Gasteiger partial charge in [-0.2, -0.15) is 30.0 Å². The Labute approximate surface area is 173 Å². The van der Waals surface area contributed by atoms with Crippen LogP contribution in [0.25, 0.3) is 10.8 Å². The monoisotopic (exact) mass is 476 g/mol. The molecule has 0 saturated heterocycles. The molecule has 3 N–H and O–H groups in total. The van der Waals surface area contributed by atoms with Gasteiger partial charge < -0.3 is 5.11 Å². The van der Waals surface area contributed by atoms with E-state index >= 15 is 0 Å². The first-order chi connectivity index (χ1) is 14.2. The SMILES string of the molecule is O=S(=O)(O)c1ccc2c(O)c(N=Nc3ccccc3C(F)(F)F)c(S(=O)(=O)O)cc2c1. The minimum absolute atomic E-state index is 0.169. The van der Waals surface area contributed by atoms with Gasteiger partial charge in [0.25, 0.3) is 20.2 Å². The highest BCUT2D eigenvalue weighted by Crippen LogP contribution is 2.43. The van der Waals surface area contributed by atoms with Crippen molar-refractivity contribution in [2.75, 3.05) is 0 Å². The van der Waals surface area contributed by atoms with Gasteiger partial charge in [-0.15, -0.1) is 10.2 Å². The van der Waals surface area contributed by atoms with Gasteiger partial charge in [0.1, 0.15) is 10.6 Å². The van der Waals surface area contributed by atoms with Crippen LogP contribution in [-0.2, 0) is 26.4 Å². The van der Waals surface area contributed by atoms with Gasteiger partial charge in [0, 0.05) is 5.39 Å². The van der Waals surface area contributed by atoms with Crippen molar-refractivity contribution < 1.29 is 44.2 Å². The molecule has 0 atom stereocenters. The van der Waals surface area contributed by atoms with E-state index in [1.165, 1.54) is 6.07 Å². The summed E-state index contributed by atoms with van der Waals surface area (Å²) in [5, 5.41) is 16.8. The average molecular weight is 476 g/mol. The quantitative estimate of drug-likeness (QED) is 0.371. The van der Waals surface area contributed by atoms with Crippen molar-refractivity contribution in [1.29, 1.82) is 0 Å². The number of azo groups is 1. The molecule has 0 aliphatic carbocycles. The Hall–Kier alpha value is -3.07. The van der Waals surface area contributed by atoms with Crippen molar-refractivity contribution >= 4 is 42.4 Å². The van der Waals surface area contributed by atoms with Crippen LogP contribution in [0.3, 0.4) is 0 Å². The van der Waals surface area contributed by atoms with E-state index < -0.39 is 58.9 Å². The molecule has 0 aliphatic heterocycles. The zero-order valence-electron chi connectivity index (χ0n) is 14.9. The molecular weight excluding hydrogens is 465 g/mol. The number of nitrogens with zero attached hydrogens (tertiary/aromatic N) is 2. The van der Waals surface area contributed by atoms with Gasteiger partial charge >= 0.3 is 6.18 Å². The van der Waals surface area contributed by atoms with Crippen LogP contribution in [-0.4, -0.2) is 31.0 Å². The fourth-order valence-electron chi connectivity index (χ4n) is 2.69. The number of alkyl halides is 3. The molecule has 0 heterocycles. The van der Waals surface area contributed by atoms with Gasteiger partial charge in [-0.05, 0) is 41.8 Å². The van der Waals surface area contributed by atoms with Crippen LogP contribution in [0.2, 0.25) is 0 Å². The van der Waals surface area contributed by atoms with E-state index in [9.17, 15) is 39.7 Å². The maximum Gasteiger partial charge on any atom is 0.418 e. The normalized spacial score (nSPS) is 13.2. The van der Waals surface area contributed by atoms with Crippen LogP contribution in [0.1, 0.15) is 5.56 Å². The van der Waals surface area contributed by atoms with Gasteiger partial charge in [0.05, 0.1) is 16.1 Å². The molecule has 0 amide bonds. The number of benzene rings is 3. The Morgan fingerprint density at radius 1 is 0.839 bits per heavy atom. The van der Waals surface area contributed by atoms with Gasteiger partial charge in [-0.1, -0.05) is 12.1 Å². The minimum atomic E-state index is -5.09. The Kier molecular flexibility index (Phi) is 5.52. The lowest BCUT2D eigenvalue weighted by Gasteiger charge is -2.11. The molecular formula is C17H11F3N2O7S2. The van der Waals surface area contributed by atoms with E-state index in [-0.39, 0.29) is 10.8 Å². The summed E-state index contributed by atoms with van der Waals surface area (Å²) in [6.07, 6.45) is -4.79. The van der Waals surface area contributed by atoms with Gasteiger partial charge in [-0.25, -0.2) is 0 Å². The molecule has 0 aliphatic rings. The van der Waals surface area contributed by atoms with Crippen LogP contribution in [0.5, 0.6) is 5.75 Å². The summed E-state index contributed by atoms with van der Waals surface area (Å²) >= 11 is 0. The molecule has 31 heavy (non-hydrogen) atoms. The predicted octanol–water partition coefficient (Wildman–Crippen LogP) is 4.47. The minimum Gasteiger partial charge on any atom is -0.505 e. The number of hydrogen-bond donors (Lipinski definition) is 3. The lowest BCUT2D eigenvalue weighted by atomic mass is 10.1. The van der Waals surface area contributed by atoms with Crippen LogP contribution in [0, 0.1) is 0 Å². The number of hydrogen-bond acceptors (Lipinski definition) is 7. The number of aromatic hydroxyl groups is 1. The molecule has 0 bridgehead atoms. The smallest absolute Gasteiger partial charge is 0.418 e. The van der Waals surface area contributed by atoms with Crippen molar-refractivity contribution in [2.24, 2.45) is 10.2 Å². The van der Waals surface area contributed by atoms with E-state index in [2.05, 4.69) is 10.2 Å². The zero-order valence-corrected chi connectivity index (χ0v) is 16.6. The third kappa shape index (κ3) is 4.66. The molecule has 9 nitrogen and oxygen atoms in total. The second-order valence-corrected chi connectivity index (χ2v) is 8.93. The summed E-state index contributed by atoms with van der Waals surface area (Å²) in [5.74, 6) is -0.903. The zero-order chi connectivity index (χ0) is 23.2. The first kappa shape index (κ1) is 22.6. The molecule has 0 radical (unpaired) electrons. The summed E-state index contributed by atoms with van der Waals surface area (Å²) in [7, 11) is -9.76. The third-order valence-corrected chi connectivity index (χ3v) is 5.78. The summed E-state index contributed by atoms with van der Waals surface area (Å²) < 4.78 is 104. The Morgan fingerprint density at radius 3 is 2.06 bits per heavy atom. The van der Waals surface area contributed by atoms with Gasteiger partial charge in [-0.3, -0.25) is 9.11 Å². The fraction of sp³-hybridized carbons (Fsp3) is 0.0588. The van der Waals surface area contributed by atoms with Gasteiger partial charge in [0.15, 0.2) is 5.75 Å². The standard InChI is InChI=1S/C17H11F3N2O7S2/c18-17(19,20)12-3-1-2-4-13(12)21-22-15-14(31(27,28)29)8-9-7-10(30(24,25)26)5-6-11(9)16(15)23/h1-8,23H,(H,24,25,26)(H,27,28,29). The van der Waals surface area contributed by atoms with Crippen molar-refractivity contribution in [3.63, 3.8) is 0 Å². The third-order valence-electron chi connectivity index (χ3n) is 4.07. The highest BCUT2D eigenvalue weighted by Gasteiger charge is 2.33. The average Bonchev–Trinajstić information content (AvgIpc) is 2.64.